The normalized spacial score (nSPS) is 14.4. The Kier molecular flexibility index (Phi) is 4.27. The molecular weight excluding hydrogens is 281 g/mol. The zero-order valence-corrected chi connectivity index (χ0v) is 10.4. The van der Waals surface area contributed by atoms with Gasteiger partial charge in [0, 0.05) is 12.6 Å². The van der Waals surface area contributed by atoms with E-state index in [9.17, 15) is 22.0 Å². The molecule has 1 aromatic rings. The van der Waals surface area contributed by atoms with Crippen molar-refractivity contribution >= 4 is 0 Å². The Morgan fingerprint density at radius 1 is 1.00 bits per heavy atom. The third kappa shape index (κ3) is 3.09. The molecule has 0 atom stereocenters. The molecule has 1 aliphatic rings. The van der Waals surface area contributed by atoms with E-state index >= 15 is 0 Å². The van der Waals surface area contributed by atoms with Gasteiger partial charge in [-0.2, -0.15) is 8.78 Å². The molecule has 0 unspecified atom stereocenters. The first-order valence-corrected chi connectivity index (χ1v) is 5.96. The molecule has 1 fully saturated rings. The van der Waals surface area contributed by atoms with Crippen molar-refractivity contribution in [2.45, 2.75) is 18.9 Å². The predicted octanol–water partition coefficient (Wildman–Crippen LogP) is 3.07. The van der Waals surface area contributed by atoms with Crippen LogP contribution in [0.3, 0.4) is 0 Å². The van der Waals surface area contributed by atoms with Crippen LogP contribution in [0.15, 0.2) is 12.2 Å². The number of benzene rings is 1. The van der Waals surface area contributed by atoms with Crippen LogP contribution < -0.4 is 10.1 Å². The number of rotatable bonds is 6. The third-order valence-corrected chi connectivity index (χ3v) is 2.81. The number of halogens is 5. The van der Waals surface area contributed by atoms with E-state index in [1.165, 1.54) is 0 Å². The minimum Gasteiger partial charge on any atom is -0.483 e. The van der Waals surface area contributed by atoms with E-state index < -0.39 is 34.8 Å². The molecule has 1 saturated carbocycles. The summed E-state index contributed by atoms with van der Waals surface area (Å²) < 4.78 is 69.9. The molecule has 0 aromatic heterocycles. The smallest absolute Gasteiger partial charge is 0.207 e. The second-order valence-corrected chi connectivity index (χ2v) is 4.59. The Morgan fingerprint density at radius 2 is 1.50 bits per heavy atom. The molecule has 2 rings (SSSR count). The maximum Gasteiger partial charge on any atom is 0.207 e. The number of nitrogens with one attached hydrogen (secondary N) is 1. The fraction of sp³-hybridized carbons (Fsp3) is 0.385. The van der Waals surface area contributed by atoms with Crippen molar-refractivity contribution in [1.29, 1.82) is 0 Å². The van der Waals surface area contributed by atoms with Crippen LogP contribution in [-0.2, 0) is 0 Å². The Bertz CT molecular complexity index is 513. The van der Waals surface area contributed by atoms with Crippen LogP contribution in [0.2, 0.25) is 0 Å². The van der Waals surface area contributed by atoms with E-state index in [1.807, 2.05) is 0 Å². The van der Waals surface area contributed by atoms with Gasteiger partial charge in [0.2, 0.25) is 29.1 Å². The van der Waals surface area contributed by atoms with Crippen molar-refractivity contribution in [3.63, 3.8) is 0 Å². The molecule has 20 heavy (non-hydrogen) atoms. The van der Waals surface area contributed by atoms with Crippen LogP contribution in [0.5, 0.6) is 5.75 Å². The molecule has 0 aliphatic heterocycles. The molecule has 2 nitrogen and oxygen atoms in total. The van der Waals surface area contributed by atoms with Crippen LogP contribution in [-0.4, -0.2) is 19.2 Å². The Labute approximate surface area is 112 Å². The van der Waals surface area contributed by atoms with Crippen LogP contribution in [0.4, 0.5) is 22.0 Å². The zero-order chi connectivity index (χ0) is 14.9. The average molecular weight is 293 g/mol. The van der Waals surface area contributed by atoms with E-state index in [0.29, 0.717) is 18.2 Å². The average Bonchev–Trinajstić information content (AvgIpc) is 3.25. The molecule has 110 valence electrons. The van der Waals surface area contributed by atoms with Gasteiger partial charge < -0.3 is 10.1 Å². The van der Waals surface area contributed by atoms with Gasteiger partial charge in [0.1, 0.15) is 6.61 Å². The summed E-state index contributed by atoms with van der Waals surface area (Å²) in [5, 5.41) is 3.08. The van der Waals surface area contributed by atoms with Crippen molar-refractivity contribution in [3.05, 3.63) is 41.2 Å². The lowest BCUT2D eigenvalue weighted by Crippen LogP contribution is -2.21. The highest BCUT2D eigenvalue weighted by atomic mass is 19.2. The van der Waals surface area contributed by atoms with Crippen molar-refractivity contribution in [2.24, 2.45) is 0 Å². The van der Waals surface area contributed by atoms with Gasteiger partial charge in [0.15, 0.2) is 5.75 Å². The third-order valence-electron chi connectivity index (χ3n) is 2.81. The van der Waals surface area contributed by atoms with Gasteiger partial charge in [-0.1, -0.05) is 6.58 Å². The summed E-state index contributed by atoms with van der Waals surface area (Å²) in [5.74, 6) is -11.5. The monoisotopic (exact) mass is 293 g/mol. The standard InChI is InChI=1S/C13H12F5NO/c1-6(4-19-7-2-3-7)5-20-13-11(17)9(15)8(14)10(16)12(13)18/h7,19H,1-5H2. The summed E-state index contributed by atoms with van der Waals surface area (Å²) >= 11 is 0. The second kappa shape index (κ2) is 5.78. The summed E-state index contributed by atoms with van der Waals surface area (Å²) in [6.45, 7) is 3.62. The van der Waals surface area contributed by atoms with Gasteiger partial charge in [-0.05, 0) is 18.4 Å². The molecule has 0 amide bonds. The number of hydrogen-bond donors (Lipinski definition) is 1. The van der Waals surface area contributed by atoms with Gasteiger partial charge in [0.25, 0.3) is 0 Å². The lowest BCUT2D eigenvalue weighted by atomic mass is 10.2. The van der Waals surface area contributed by atoms with Crippen molar-refractivity contribution in [2.75, 3.05) is 13.2 Å². The van der Waals surface area contributed by atoms with Crippen LogP contribution in [0.1, 0.15) is 12.8 Å². The highest BCUT2D eigenvalue weighted by molar-refractivity contribution is 5.30. The molecule has 1 aromatic carbocycles. The highest BCUT2D eigenvalue weighted by Crippen LogP contribution is 2.29. The summed E-state index contributed by atoms with van der Waals surface area (Å²) in [5.41, 5.74) is 0.445. The maximum atomic E-state index is 13.3. The van der Waals surface area contributed by atoms with E-state index in [2.05, 4.69) is 16.6 Å². The van der Waals surface area contributed by atoms with Gasteiger partial charge >= 0.3 is 0 Å². The minimum absolute atomic E-state index is 0.335. The fourth-order valence-electron chi connectivity index (χ4n) is 1.51. The molecule has 0 saturated heterocycles. The van der Waals surface area contributed by atoms with E-state index in [0.717, 1.165) is 12.8 Å². The Hall–Kier alpha value is -1.63. The van der Waals surface area contributed by atoms with Crippen LogP contribution in [0, 0.1) is 29.1 Å². The summed E-state index contributed by atoms with van der Waals surface area (Å²) in [6, 6.07) is 0.404. The first kappa shape index (κ1) is 14.8. The summed E-state index contributed by atoms with van der Waals surface area (Å²) in [7, 11) is 0. The molecule has 0 bridgehead atoms. The molecular formula is C13H12F5NO. The molecule has 7 heteroatoms. The van der Waals surface area contributed by atoms with Crippen molar-refractivity contribution in [1.82, 2.24) is 5.32 Å². The molecule has 0 spiro atoms. The Morgan fingerprint density at radius 3 is 2.00 bits per heavy atom. The first-order valence-electron chi connectivity index (χ1n) is 5.96. The topological polar surface area (TPSA) is 21.3 Å². The zero-order valence-electron chi connectivity index (χ0n) is 10.4. The van der Waals surface area contributed by atoms with Crippen LogP contribution >= 0.6 is 0 Å². The maximum absolute atomic E-state index is 13.3. The molecule has 0 radical (unpaired) electrons. The van der Waals surface area contributed by atoms with Gasteiger partial charge in [0.05, 0.1) is 0 Å². The van der Waals surface area contributed by atoms with Gasteiger partial charge in [-0.3, -0.25) is 0 Å². The molecule has 1 aliphatic carbocycles. The summed E-state index contributed by atoms with van der Waals surface area (Å²) in [6.07, 6.45) is 2.09. The van der Waals surface area contributed by atoms with Gasteiger partial charge in [-0.25, -0.2) is 13.2 Å². The lowest BCUT2D eigenvalue weighted by molar-refractivity contribution is 0.280. The van der Waals surface area contributed by atoms with E-state index in [1.54, 1.807) is 0 Å². The fourth-order valence-corrected chi connectivity index (χ4v) is 1.51. The number of ether oxygens (including phenoxy) is 1. The van der Waals surface area contributed by atoms with Crippen molar-refractivity contribution in [3.8, 4) is 5.75 Å². The lowest BCUT2D eigenvalue weighted by Gasteiger charge is -2.12. The van der Waals surface area contributed by atoms with E-state index in [-0.39, 0.29) is 6.61 Å². The van der Waals surface area contributed by atoms with Crippen LogP contribution in [0.25, 0.3) is 0 Å². The minimum atomic E-state index is -2.21. The largest absolute Gasteiger partial charge is 0.483 e. The second-order valence-electron chi connectivity index (χ2n) is 4.59. The predicted molar refractivity (Wildman–Crippen MR) is 61.9 cm³/mol. The molecule has 1 N–H and O–H groups in total. The van der Waals surface area contributed by atoms with Gasteiger partial charge in [-0.15, -0.1) is 0 Å². The SMILES string of the molecule is C=C(CNC1CC1)COc1c(F)c(F)c(F)c(F)c1F. The first-order chi connectivity index (χ1) is 9.41. The number of hydrogen-bond acceptors (Lipinski definition) is 2. The highest BCUT2D eigenvalue weighted by Gasteiger charge is 2.27. The van der Waals surface area contributed by atoms with E-state index in [4.69, 9.17) is 0 Å². The summed E-state index contributed by atoms with van der Waals surface area (Å²) in [4.78, 5) is 0. The quantitative estimate of drug-likeness (QED) is 0.377. The molecule has 0 heterocycles. The Balaban J connectivity index is 2.03. The van der Waals surface area contributed by atoms with Crippen molar-refractivity contribution < 1.29 is 26.7 Å².